The van der Waals surface area contributed by atoms with E-state index in [2.05, 4.69) is 5.32 Å². The zero-order chi connectivity index (χ0) is 25.9. The molecule has 3 aromatic carbocycles. The molecule has 1 aliphatic rings. The Hall–Kier alpha value is -3.07. The molecule has 36 heavy (non-hydrogen) atoms. The lowest BCUT2D eigenvalue weighted by molar-refractivity contribution is 0.102. The molecule has 0 aromatic heterocycles. The summed E-state index contributed by atoms with van der Waals surface area (Å²) in [6.45, 7) is 7.32. The summed E-state index contributed by atoms with van der Waals surface area (Å²) in [5, 5.41) is 3.45. The first kappa shape index (κ1) is 26.0. The molecule has 0 aliphatic carbocycles. The van der Waals surface area contributed by atoms with Gasteiger partial charge in [-0.05, 0) is 69.3 Å². The molecule has 4 rings (SSSR count). The summed E-state index contributed by atoms with van der Waals surface area (Å²) in [5.41, 5.74) is 2.75. The van der Waals surface area contributed by atoms with Crippen molar-refractivity contribution in [3.63, 3.8) is 0 Å². The first-order valence-corrected chi connectivity index (χ1v) is 13.7. The Morgan fingerprint density at radius 2 is 1.58 bits per heavy atom. The number of nitrogens with one attached hydrogen (secondary N) is 1. The van der Waals surface area contributed by atoms with E-state index in [0.29, 0.717) is 53.9 Å². The zero-order valence-corrected chi connectivity index (χ0v) is 22.1. The van der Waals surface area contributed by atoms with Gasteiger partial charge in [-0.1, -0.05) is 35.4 Å². The molecule has 0 unspecified atom stereocenters. The van der Waals surface area contributed by atoms with E-state index >= 15 is 0 Å². The van der Waals surface area contributed by atoms with Crippen molar-refractivity contribution in [2.24, 2.45) is 0 Å². The second kappa shape index (κ2) is 10.9. The molecule has 1 saturated heterocycles. The Morgan fingerprint density at radius 3 is 2.19 bits per heavy atom. The first-order valence-electron chi connectivity index (χ1n) is 11.8. The average molecular weight is 528 g/mol. The van der Waals surface area contributed by atoms with Crippen molar-refractivity contribution < 1.29 is 17.9 Å². The number of hydrogen-bond acceptors (Lipinski definition) is 5. The quantitative estimate of drug-likeness (QED) is 0.457. The van der Waals surface area contributed by atoms with Crippen molar-refractivity contribution >= 4 is 38.9 Å². The van der Waals surface area contributed by atoms with E-state index in [1.165, 1.54) is 4.31 Å². The smallest absolute Gasteiger partial charge is 0.255 e. The van der Waals surface area contributed by atoms with E-state index < -0.39 is 10.0 Å². The van der Waals surface area contributed by atoms with Crippen LogP contribution in [0.1, 0.15) is 29.8 Å². The molecule has 9 heteroatoms. The van der Waals surface area contributed by atoms with Crippen LogP contribution in [-0.2, 0) is 10.0 Å². The largest absolute Gasteiger partial charge is 0.491 e. The molecule has 1 fully saturated rings. The lowest BCUT2D eigenvalue weighted by atomic mass is 10.1. The van der Waals surface area contributed by atoms with Crippen LogP contribution in [-0.4, -0.2) is 50.9 Å². The van der Waals surface area contributed by atoms with Crippen LogP contribution in [0.5, 0.6) is 5.75 Å². The molecule has 190 valence electrons. The van der Waals surface area contributed by atoms with Crippen molar-refractivity contribution in [3.05, 3.63) is 82.9 Å². The van der Waals surface area contributed by atoms with Crippen molar-refractivity contribution in [1.82, 2.24) is 4.31 Å². The van der Waals surface area contributed by atoms with Gasteiger partial charge in [-0.3, -0.25) is 4.79 Å². The SMILES string of the molecule is Cc1ccc(S(=O)(=O)N2CCN(c3c(Cl)cccc3NC(=O)c3ccc(OC(C)C)cc3)CC2)cc1. The zero-order valence-electron chi connectivity index (χ0n) is 20.6. The molecule has 7 nitrogen and oxygen atoms in total. The van der Waals surface area contributed by atoms with Gasteiger partial charge in [0, 0.05) is 31.7 Å². The molecule has 0 saturated carbocycles. The molecular weight excluding hydrogens is 498 g/mol. The standard InChI is InChI=1S/C27H30ClN3O4S/c1-19(2)35-22-11-9-21(10-12-22)27(32)29-25-6-4-5-24(28)26(25)30-15-17-31(18-16-30)36(33,34)23-13-7-20(3)8-14-23/h4-14,19H,15-18H2,1-3H3,(H,29,32). The molecule has 3 aromatic rings. The summed E-state index contributed by atoms with van der Waals surface area (Å²) < 4.78 is 33.3. The highest BCUT2D eigenvalue weighted by molar-refractivity contribution is 7.89. The van der Waals surface area contributed by atoms with Crippen LogP contribution in [0, 0.1) is 6.92 Å². The molecule has 1 heterocycles. The van der Waals surface area contributed by atoms with Gasteiger partial charge in [0.1, 0.15) is 5.75 Å². The number of nitrogens with zero attached hydrogens (tertiary/aromatic N) is 2. The van der Waals surface area contributed by atoms with Crippen LogP contribution in [0.3, 0.4) is 0 Å². The molecular formula is C27H30ClN3O4S. The highest BCUT2D eigenvalue weighted by Crippen LogP contribution is 2.35. The fraction of sp³-hybridized carbons (Fsp3) is 0.296. The minimum Gasteiger partial charge on any atom is -0.491 e. The number of para-hydroxylation sites is 1. The fourth-order valence-corrected chi connectivity index (χ4v) is 5.82. The Morgan fingerprint density at radius 1 is 0.944 bits per heavy atom. The van der Waals surface area contributed by atoms with Crippen molar-refractivity contribution in [1.29, 1.82) is 0 Å². The Bertz CT molecular complexity index is 1320. The molecule has 0 radical (unpaired) electrons. The summed E-state index contributed by atoms with van der Waals surface area (Å²) in [5.74, 6) is 0.429. The Labute approximate surface area is 217 Å². The van der Waals surface area contributed by atoms with Crippen molar-refractivity contribution in [2.45, 2.75) is 31.8 Å². The predicted molar refractivity (Wildman–Crippen MR) is 144 cm³/mol. The Balaban J connectivity index is 1.47. The van der Waals surface area contributed by atoms with Crippen LogP contribution < -0.4 is 15.0 Å². The van der Waals surface area contributed by atoms with Gasteiger partial charge in [0.05, 0.1) is 27.4 Å². The normalized spacial score (nSPS) is 14.6. The maximum atomic E-state index is 13.1. The van der Waals surface area contributed by atoms with Crippen molar-refractivity contribution in [3.8, 4) is 5.75 Å². The van der Waals surface area contributed by atoms with E-state index in [4.69, 9.17) is 16.3 Å². The minimum atomic E-state index is -3.58. The lowest BCUT2D eigenvalue weighted by Crippen LogP contribution is -2.49. The predicted octanol–water partition coefficient (Wildman–Crippen LogP) is 5.20. The summed E-state index contributed by atoms with van der Waals surface area (Å²) in [7, 11) is -3.58. The number of ether oxygens (including phenoxy) is 1. The average Bonchev–Trinajstić information content (AvgIpc) is 2.84. The molecule has 1 amide bonds. The van der Waals surface area contributed by atoms with Gasteiger partial charge in [0.15, 0.2) is 0 Å². The number of hydrogen-bond donors (Lipinski definition) is 1. The van der Waals surface area contributed by atoms with Gasteiger partial charge < -0.3 is 15.0 Å². The molecule has 1 aliphatic heterocycles. The molecule has 0 spiro atoms. The second-order valence-electron chi connectivity index (χ2n) is 8.99. The number of piperazine rings is 1. The van der Waals surface area contributed by atoms with Gasteiger partial charge in [0.2, 0.25) is 10.0 Å². The third-order valence-electron chi connectivity index (χ3n) is 5.94. The third kappa shape index (κ3) is 5.83. The van der Waals surface area contributed by atoms with Crippen LogP contribution in [0.15, 0.2) is 71.6 Å². The van der Waals surface area contributed by atoms with Crippen molar-refractivity contribution in [2.75, 3.05) is 36.4 Å². The maximum absolute atomic E-state index is 13.1. The summed E-state index contributed by atoms with van der Waals surface area (Å²) in [4.78, 5) is 15.3. The topological polar surface area (TPSA) is 79.0 Å². The summed E-state index contributed by atoms with van der Waals surface area (Å²) in [6.07, 6.45) is 0.0473. The number of rotatable bonds is 7. The Kier molecular flexibility index (Phi) is 7.88. The highest BCUT2D eigenvalue weighted by Gasteiger charge is 2.30. The van der Waals surface area contributed by atoms with E-state index in [0.717, 1.165) is 5.56 Å². The second-order valence-corrected chi connectivity index (χ2v) is 11.3. The number of aryl methyl sites for hydroxylation is 1. The third-order valence-corrected chi connectivity index (χ3v) is 8.15. The van der Waals surface area contributed by atoms with Crippen LogP contribution in [0.2, 0.25) is 5.02 Å². The number of carbonyl (C=O) groups is 1. The summed E-state index contributed by atoms with van der Waals surface area (Å²) >= 11 is 6.56. The molecule has 0 atom stereocenters. The minimum absolute atomic E-state index is 0.0473. The van der Waals surface area contributed by atoms with Gasteiger partial charge in [-0.15, -0.1) is 0 Å². The monoisotopic (exact) mass is 527 g/mol. The van der Waals surface area contributed by atoms with E-state index in [-0.39, 0.29) is 16.9 Å². The molecule has 0 bridgehead atoms. The first-order chi connectivity index (χ1) is 17.1. The number of amides is 1. The number of halogens is 1. The van der Waals surface area contributed by atoms with Crippen LogP contribution in [0.4, 0.5) is 11.4 Å². The van der Waals surface area contributed by atoms with Gasteiger partial charge in [-0.2, -0.15) is 4.31 Å². The lowest BCUT2D eigenvalue weighted by Gasteiger charge is -2.36. The molecule has 1 N–H and O–H groups in total. The van der Waals surface area contributed by atoms with E-state index in [1.807, 2.05) is 25.7 Å². The number of carbonyl (C=O) groups excluding carboxylic acids is 1. The number of sulfonamides is 1. The summed E-state index contributed by atoms with van der Waals surface area (Å²) in [6, 6.07) is 19.2. The highest BCUT2D eigenvalue weighted by atomic mass is 35.5. The van der Waals surface area contributed by atoms with E-state index in [1.54, 1.807) is 66.7 Å². The number of benzene rings is 3. The number of anilines is 2. The van der Waals surface area contributed by atoms with Gasteiger partial charge in [0.25, 0.3) is 5.91 Å². The van der Waals surface area contributed by atoms with E-state index in [9.17, 15) is 13.2 Å². The van der Waals surface area contributed by atoms with Gasteiger partial charge >= 0.3 is 0 Å². The van der Waals surface area contributed by atoms with Crippen LogP contribution >= 0.6 is 11.6 Å². The fourth-order valence-electron chi connectivity index (χ4n) is 4.10. The van der Waals surface area contributed by atoms with Crippen LogP contribution in [0.25, 0.3) is 0 Å². The van der Waals surface area contributed by atoms with Gasteiger partial charge in [-0.25, -0.2) is 8.42 Å². The maximum Gasteiger partial charge on any atom is 0.255 e.